The first-order chi connectivity index (χ1) is 3.27. The van der Waals surface area contributed by atoms with Gasteiger partial charge in [-0.3, -0.25) is 0 Å². The number of hydrogen-bond donors (Lipinski definition) is 0. The second-order valence-electron chi connectivity index (χ2n) is 1.17. The van der Waals surface area contributed by atoms with Crippen LogP contribution in [0.4, 0.5) is 0 Å². The van der Waals surface area contributed by atoms with Gasteiger partial charge in [-0.2, -0.15) is 0 Å². The van der Waals surface area contributed by atoms with Crippen molar-refractivity contribution in [2.45, 2.75) is 12.7 Å². The van der Waals surface area contributed by atoms with E-state index in [-0.39, 0.29) is 0 Å². The zero-order valence-electron chi connectivity index (χ0n) is 3.90. The van der Waals surface area contributed by atoms with Crippen molar-refractivity contribution in [1.82, 2.24) is 0 Å². The van der Waals surface area contributed by atoms with Gasteiger partial charge in [-0.05, 0) is 6.16 Å². The van der Waals surface area contributed by atoms with Crippen LogP contribution in [0.3, 0.4) is 0 Å². The van der Waals surface area contributed by atoms with Crippen molar-refractivity contribution < 1.29 is 0 Å². The number of hydrogen-bond acceptors (Lipinski definition) is 0. The van der Waals surface area contributed by atoms with E-state index in [0.29, 0.717) is 6.32 Å². The molecule has 7 heavy (non-hydrogen) atoms. The first kappa shape index (κ1) is 8.07. The Morgan fingerprint density at radius 2 is 2.00 bits per heavy atom. The predicted molar refractivity (Wildman–Crippen MR) is 38.7 cm³/mol. The van der Waals surface area contributed by atoms with Crippen LogP contribution in [0.1, 0.15) is 6.42 Å². The van der Waals surface area contributed by atoms with E-state index in [0.717, 1.165) is 12.6 Å². The van der Waals surface area contributed by atoms with E-state index in [1.165, 1.54) is 0 Å². The molecule has 0 aromatic carbocycles. The van der Waals surface area contributed by atoms with Crippen molar-refractivity contribution in [1.29, 1.82) is 0 Å². The predicted octanol–water partition coefficient (Wildman–Crippen LogP) is 2.75. The summed E-state index contributed by atoms with van der Waals surface area (Å²) in [6.45, 7) is -0.742. The fraction of sp³-hybridized carbons (Fsp3) is 1.00. The maximum absolute atomic E-state index is 5.43. The van der Waals surface area contributed by atoms with Gasteiger partial charge in [0.25, 0.3) is 0 Å². The molecule has 0 aromatic rings. The topological polar surface area (TPSA) is 0 Å². The van der Waals surface area contributed by atoms with Crippen LogP contribution in [0.2, 0.25) is 6.32 Å². The zero-order chi connectivity index (χ0) is 5.70. The molecule has 0 N–H and O–H groups in total. The molecule has 0 aliphatic heterocycles. The molecule has 0 aliphatic rings. The summed E-state index contributed by atoms with van der Waals surface area (Å²) in [6.07, 6.45) is 2.51. The van der Waals surface area contributed by atoms with E-state index in [1.807, 2.05) is 0 Å². The highest BCUT2D eigenvalue weighted by Gasteiger charge is 1.93. The van der Waals surface area contributed by atoms with Gasteiger partial charge < -0.3 is 0 Å². The molecule has 0 unspecified atom stereocenters. The summed E-state index contributed by atoms with van der Waals surface area (Å²) in [5.41, 5.74) is 0. The van der Waals surface area contributed by atoms with Crippen molar-refractivity contribution in [3.05, 3.63) is 0 Å². The summed E-state index contributed by atoms with van der Waals surface area (Å²) in [7, 11) is 5.17. The third kappa shape index (κ3) is 7.07. The van der Waals surface area contributed by atoms with Crippen molar-refractivity contribution in [3.8, 4) is 0 Å². The quantitative estimate of drug-likeness (QED) is 0.433. The SMILES string of the molecule is [B]CCCP(Cl)Cl. The summed E-state index contributed by atoms with van der Waals surface area (Å²) in [6, 6.07) is 0. The van der Waals surface area contributed by atoms with Gasteiger partial charge in [0.15, 0.2) is 0 Å². The van der Waals surface area contributed by atoms with E-state index >= 15 is 0 Å². The van der Waals surface area contributed by atoms with Gasteiger partial charge in [-0.25, -0.2) is 0 Å². The van der Waals surface area contributed by atoms with E-state index in [2.05, 4.69) is 0 Å². The van der Waals surface area contributed by atoms with Gasteiger partial charge in [0, 0.05) is 0 Å². The molecule has 0 aliphatic carbocycles. The van der Waals surface area contributed by atoms with E-state index < -0.39 is 6.63 Å². The van der Waals surface area contributed by atoms with Crippen molar-refractivity contribution in [2.75, 3.05) is 6.16 Å². The molecule has 40 valence electrons. The summed E-state index contributed by atoms with van der Waals surface area (Å²) in [4.78, 5) is 0. The lowest BCUT2D eigenvalue weighted by Gasteiger charge is -1.94. The minimum atomic E-state index is -0.742. The lowest BCUT2D eigenvalue weighted by molar-refractivity contribution is 1.10. The molecule has 2 radical (unpaired) electrons. The molecule has 0 heterocycles. The Morgan fingerprint density at radius 1 is 1.43 bits per heavy atom. The first-order valence-corrected chi connectivity index (χ1v) is 5.40. The van der Waals surface area contributed by atoms with Crippen LogP contribution in [-0.2, 0) is 0 Å². The van der Waals surface area contributed by atoms with E-state index in [9.17, 15) is 0 Å². The Balaban J connectivity index is 2.68. The van der Waals surface area contributed by atoms with E-state index in [4.69, 9.17) is 30.3 Å². The summed E-state index contributed by atoms with van der Waals surface area (Å²) in [5.74, 6) is 0. The molecule has 0 aromatic heterocycles. The zero-order valence-corrected chi connectivity index (χ0v) is 6.31. The van der Waals surface area contributed by atoms with Crippen LogP contribution in [0.25, 0.3) is 0 Å². The van der Waals surface area contributed by atoms with Crippen LogP contribution in [0.5, 0.6) is 0 Å². The van der Waals surface area contributed by atoms with Gasteiger partial charge in [0.1, 0.15) is 0 Å². The average molecular weight is 155 g/mol. The molecule has 0 saturated carbocycles. The molecule has 0 bridgehead atoms. The third-order valence-corrected chi connectivity index (χ3v) is 2.20. The van der Waals surface area contributed by atoms with E-state index in [1.54, 1.807) is 0 Å². The van der Waals surface area contributed by atoms with Crippen molar-refractivity contribution >= 4 is 37.0 Å². The number of rotatable bonds is 3. The Morgan fingerprint density at radius 3 is 2.14 bits per heavy atom. The second-order valence-corrected chi connectivity index (χ2v) is 5.19. The molecule has 0 rings (SSSR count). The number of halogens is 2. The van der Waals surface area contributed by atoms with Crippen LogP contribution in [0, 0.1) is 0 Å². The summed E-state index contributed by atoms with van der Waals surface area (Å²) < 4.78 is 0. The van der Waals surface area contributed by atoms with Crippen molar-refractivity contribution in [3.63, 3.8) is 0 Å². The highest BCUT2D eigenvalue weighted by molar-refractivity contribution is 8.03. The van der Waals surface area contributed by atoms with Gasteiger partial charge in [-0.15, -0.1) is 0 Å². The van der Waals surface area contributed by atoms with Gasteiger partial charge >= 0.3 is 0 Å². The average Bonchev–Trinajstić information content (AvgIpc) is 1.61. The van der Waals surface area contributed by atoms with Crippen LogP contribution >= 0.6 is 29.1 Å². The second kappa shape index (κ2) is 5.22. The standard InChI is InChI=1S/C3H6BCl2P/c4-2-1-3-7(5)6/h1-3H2. The lowest BCUT2D eigenvalue weighted by Crippen LogP contribution is -1.73. The highest BCUT2D eigenvalue weighted by Crippen LogP contribution is 2.47. The Hall–Kier alpha value is 1.07. The summed E-state index contributed by atoms with van der Waals surface area (Å²) >= 11 is 10.9. The van der Waals surface area contributed by atoms with Gasteiger partial charge in [-0.1, -0.05) is 35.2 Å². The van der Waals surface area contributed by atoms with Crippen LogP contribution < -0.4 is 0 Å². The largest absolute Gasteiger partial charge is 0.0883 e. The normalized spacial score (nSPS) is 10.1. The molecule has 4 heteroatoms. The van der Waals surface area contributed by atoms with Gasteiger partial charge in [0.05, 0.1) is 14.5 Å². The molecule has 0 amide bonds. The molecular formula is C3H6BCl2P. The Bertz CT molecular complexity index is 41.9. The highest BCUT2D eigenvalue weighted by atomic mass is 35.9. The Kier molecular flexibility index (Phi) is 6.02. The first-order valence-electron chi connectivity index (χ1n) is 2.06. The fourth-order valence-corrected chi connectivity index (χ4v) is 1.35. The molecule has 0 fully saturated rings. The fourth-order valence-electron chi connectivity index (χ4n) is 0.211. The maximum atomic E-state index is 5.43. The monoisotopic (exact) mass is 154 g/mol. The molecule has 0 spiro atoms. The van der Waals surface area contributed by atoms with Gasteiger partial charge in [0.2, 0.25) is 0 Å². The molecule has 0 nitrogen and oxygen atoms in total. The Labute approximate surface area is 56.3 Å². The smallest absolute Gasteiger partial charge is 0.0854 e. The summed E-state index contributed by atoms with van der Waals surface area (Å²) in [5, 5.41) is 0. The minimum absolute atomic E-state index is 0.693. The lowest BCUT2D eigenvalue weighted by atomic mass is 10.0. The van der Waals surface area contributed by atoms with Crippen LogP contribution in [-0.4, -0.2) is 14.0 Å². The van der Waals surface area contributed by atoms with Crippen LogP contribution in [0.15, 0.2) is 0 Å². The minimum Gasteiger partial charge on any atom is -0.0883 e. The third-order valence-electron chi connectivity index (χ3n) is 0.531. The maximum Gasteiger partial charge on any atom is 0.0854 e. The molecule has 0 atom stereocenters. The molecule has 0 saturated heterocycles. The van der Waals surface area contributed by atoms with Crippen molar-refractivity contribution in [2.24, 2.45) is 0 Å². The molecular weight excluding hydrogens is 149 g/mol.